The maximum absolute atomic E-state index is 10.9. The van der Waals surface area contributed by atoms with Crippen LogP contribution >= 0.6 is 11.8 Å². The van der Waals surface area contributed by atoms with Gasteiger partial charge in [-0.25, -0.2) is 0 Å². The van der Waals surface area contributed by atoms with Crippen molar-refractivity contribution in [3.05, 3.63) is 24.3 Å². The lowest BCUT2D eigenvalue weighted by molar-refractivity contribution is -0.114. The summed E-state index contributed by atoms with van der Waals surface area (Å²) in [5, 5.41) is 2.75. The number of amides is 1. The van der Waals surface area contributed by atoms with E-state index >= 15 is 0 Å². The van der Waals surface area contributed by atoms with Gasteiger partial charge in [0.1, 0.15) is 0 Å². The zero-order chi connectivity index (χ0) is 11.6. The molecule has 0 atom stereocenters. The van der Waals surface area contributed by atoms with Gasteiger partial charge in [-0.15, -0.1) is 11.8 Å². The standard InChI is InChI=1S/C12H16N2OS/c1-9(15)14-10-2-4-11(5-3-10)16-12(8-13)6-7-12/h2-5H,6-8,13H2,1H3,(H,14,15). The highest BCUT2D eigenvalue weighted by Gasteiger charge is 2.42. The summed E-state index contributed by atoms with van der Waals surface area (Å²) in [5.74, 6) is -0.0407. The van der Waals surface area contributed by atoms with Gasteiger partial charge in [0.25, 0.3) is 0 Å². The molecule has 3 nitrogen and oxygen atoms in total. The first-order valence-electron chi connectivity index (χ1n) is 5.40. The molecule has 1 aromatic rings. The molecule has 0 heterocycles. The molecule has 1 aliphatic carbocycles. The fourth-order valence-electron chi connectivity index (χ4n) is 1.55. The zero-order valence-electron chi connectivity index (χ0n) is 9.32. The predicted octanol–water partition coefficient (Wildman–Crippen LogP) is 2.23. The Balaban J connectivity index is 1.99. The molecule has 0 spiro atoms. The number of anilines is 1. The topological polar surface area (TPSA) is 55.1 Å². The lowest BCUT2D eigenvalue weighted by Crippen LogP contribution is -2.17. The second-order valence-electron chi connectivity index (χ2n) is 4.19. The minimum absolute atomic E-state index is 0.0407. The van der Waals surface area contributed by atoms with Crippen LogP contribution in [-0.4, -0.2) is 17.2 Å². The number of nitrogens with one attached hydrogen (secondary N) is 1. The van der Waals surface area contributed by atoms with Gasteiger partial charge in [0, 0.05) is 28.8 Å². The number of carbonyl (C=O) groups is 1. The Hall–Kier alpha value is -1.00. The monoisotopic (exact) mass is 236 g/mol. The fourth-order valence-corrected chi connectivity index (χ4v) is 2.71. The van der Waals surface area contributed by atoms with Gasteiger partial charge in [-0.1, -0.05) is 0 Å². The Morgan fingerprint density at radius 1 is 1.44 bits per heavy atom. The fraction of sp³-hybridized carbons (Fsp3) is 0.417. The Morgan fingerprint density at radius 3 is 2.50 bits per heavy atom. The molecule has 1 saturated carbocycles. The summed E-state index contributed by atoms with van der Waals surface area (Å²) in [6.45, 7) is 2.25. The maximum atomic E-state index is 10.9. The van der Waals surface area contributed by atoms with Crippen molar-refractivity contribution in [1.82, 2.24) is 0 Å². The summed E-state index contributed by atoms with van der Waals surface area (Å²) in [5.41, 5.74) is 6.58. The first-order valence-corrected chi connectivity index (χ1v) is 6.22. The molecule has 0 aliphatic heterocycles. The van der Waals surface area contributed by atoms with Crippen molar-refractivity contribution < 1.29 is 4.79 Å². The van der Waals surface area contributed by atoms with Gasteiger partial charge < -0.3 is 11.1 Å². The molecule has 3 N–H and O–H groups in total. The van der Waals surface area contributed by atoms with Crippen molar-refractivity contribution in [1.29, 1.82) is 0 Å². The van der Waals surface area contributed by atoms with Crippen LogP contribution < -0.4 is 11.1 Å². The number of carbonyl (C=O) groups excluding carboxylic acids is 1. The number of nitrogens with two attached hydrogens (primary N) is 1. The van der Waals surface area contributed by atoms with Crippen molar-refractivity contribution in [2.45, 2.75) is 29.4 Å². The lowest BCUT2D eigenvalue weighted by Gasteiger charge is -2.12. The Labute approximate surface area is 99.8 Å². The van der Waals surface area contributed by atoms with Gasteiger partial charge in [0.05, 0.1) is 0 Å². The first kappa shape index (κ1) is 11.5. The first-order chi connectivity index (χ1) is 7.63. The van der Waals surface area contributed by atoms with E-state index in [-0.39, 0.29) is 10.7 Å². The number of rotatable bonds is 4. The summed E-state index contributed by atoms with van der Waals surface area (Å²) in [6.07, 6.45) is 2.42. The molecule has 0 bridgehead atoms. The van der Waals surface area contributed by atoms with Crippen molar-refractivity contribution in [3.63, 3.8) is 0 Å². The van der Waals surface area contributed by atoms with Crippen LogP contribution in [0.25, 0.3) is 0 Å². The van der Waals surface area contributed by atoms with Crippen LogP contribution in [0.3, 0.4) is 0 Å². The van der Waals surface area contributed by atoms with E-state index in [4.69, 9.17) is 5.73 Å². The third kappa shape index (κ3) is 2.77. The average molecular weight is 236 g/mol. The van der Waals surface area contributed by atoms with E-state index in [1.54, 1.807) is 0 Å². The highest BCUT2D eigenvalue weighted by molar-refractivity contribution is 8.01. The molecule has 0 unspecified atom stereocenters. The van der Waals surface area contributed by atoms with Gasteiger partial charge in [0.2, 0.25) is 5.91 Å². The summed E-state index contributed by atoms with van der Waals surface area (Å²) < 4.78 is 0.287. The van der Waals surface area contributed by atoms with Gasteiger partial charge >= 0.3 is 0 Å². The molecule has 1 fully saturated rings. The third-order valence-electron chi connectivity index (χ3n) is 2.69. The van der Waals surface area contributed by atoms with Gasteiger partial charge in [-0.05, 0) is 37.1 Å². The van der Waals surface area contributed by atoms with Gasteiger partial charge in [-0.3, -0.25) is 4.79 Å². The Bertz CT molecular complexity index is 385. The highest BCUT2D eigenvalue weighted by Crippen LogP contribution is 2.50. The number of benzene rings is 1. The Kier molecular flexibility index (Phi) is 3.21. The molecule has 16 heavy (non-hydrogen) atoms. The maximum Gasteiger partial charge on any atom is 0.221 e. The van der Waals surface area contributed by atoms with Crippen LogP contribution in [0.4, 0.5) is 5.69 Å². The van der Waals surface area contributed by atoms with E-state index in [1.165, 1.54) is 24.7 Å². The van der Waals surface area contributed by atoms with Gasteiger partial charge in [-0.2, -0.15) is 0 Å². The molecular formula is C12H16N2OS. The minimum Gasteiger partial charge on any atom is -0.329 e. The quantitative estimate of drug-likeness (QED) is 0.843. The number of hydrogen-bond donors (Lipinski definition) is 2. The molecule has 4 heteroatoms. The number of hydrogen-bond acceptors (Lipinski definition) is 3. The second-order valence-corrected chi connectivity index (χ2v) is 5.74. The highest BCUT2D eigenvalue weighted by atomic mass is 32.2. The summed E-state index contributed by atoms with van der Waals surface area (Å²) >= 11 is 1.85. The van der Waals surface area contributed by atoms with Crippen molar-refractivity contribution in [3.8, 4) is 0 Å². The molecule has 1 amide bonds. The van der Waals surface area contributed by atoms with Crippen LogP contribution in [0.2, 0.25) is 0 Å². The average Bonchev–Trinajstić information content (AvgIpc) is 3.01. The molecule has 0 saturated heterocycles. The zero-order valence-corrected chi connectivity index (χ0v) is 10.1. The summed E-state index contributed by atoms with van der Waals surface area (Å²) in [7, 11) is 0. The minimum atomic E-state index is -0.0407. The smallest absolute Gasteiger partial charge is 0.221 e. The van der Waals surface area contributed by atoms with Crippen LogP contribution in [0.15, 0.2) is 29.2 Å². The third-order valence-corrected chi connectivity index (χ3v) is 4.20. The lowest BCUT2D eigenvalue weighted by atomic mass is 10.3. The summed E-state index contributed by atoms with van der Waals surface area (Å²) in [4.78, 5) is 12.1. The van der Waals surface area contributed by atoms with Crippen LogP contribution in [-0.2, 0) is 4.79 Å². The molecule has 0 radical (unpaired) electrons. The molecular weight excluding hydrogens is 220 g/mol. The van der Waals surface area contributed by atoms with Crippen molar-refractivity contribution in [2.24, 2.45) is 5.73 Å². The predicted molar refractivity (Wildman–Crippen MR) is 67.6 cm³/mol. The van der Waals surface area contributed by atoms with E-state index in [9.17, 15) is 4.79 Å². The second kappa shape index (κ2) is 4.47. The molecule has 2 rings (SSSR count). The van der Waals surface area contributed by atoms with E-state index in [0.717, 1.165) is 12.2 Å². The van der Waals surface area contributed by atoms with E-state index in [0.29, 0.717) is 0 Å². The largest absolute Gasteiger partial charge is 0.329 e. The Morgan fingerprint density at radius 2 is 2.06 bits per heavy atom. The van der Waals surface area contributed by atoms with E-state index in [1.807, 2.05) is 36.0 Å². The SMILES string of the molecule is CC(=O)Nc1ccc(SC2(CN)CC2)cc1. The van der Waals surface area contributed by atoms with Crippen molar-refractivity contribution >= 4 is 23.4 Å². The molecule has 1 aliphatic rings. The molecule has 86 valence electrons. The van der Waals surface area contributed by atoms with E-state index in [2.05, 4.69) is 5.32 Å². The molecule has 1 aromatic carbocycles. The normalized spacial score (nSPS) is 16.9. The van der Waals surface area contributed by atoms with Crippen LogP contribution in [0, 0.1) is 0 Å². The van der Waals surface area contributed by atoms with Crippen LogP contribution in [0.5, 0.6) is 0 Å². The number of thioether (sulfide) groups is 1. The van der Waals surface area contributed by atoms with Gasteiger partial charge in [0.15, 0.2) is 0 Å². The van der Waals surface area contributed by atoms with Crippen molar-refractivity contribution in [2.75, 3.05) is 11.9 Å². The molecule has 0 aromatic heterocycles. The van der Waals surface area contributed by atoms with E-state index < -0.39 is 0 Å². The summed E-state index contributed by atoms with van der Waals surface area (Å²) in [6, 6.07) is 7.92. The van der Waals surface area contributed by atoms with Crippen LogP contribution in [0.1, 0.15) is 19.8 Å².